The summed E-state index contributed by atoms with van der Waals surface area (Å²) in [6.07, 6.45) is 0. The molecule has 0 fully saturated rings. The highest BCUT2D eigenvalue weighted by Gasteiger charge is 2.11. The van der Waals surface area contributed by atoms with Gasteiger partial charge in [0.2, 0.25) is 0 Å². The Morgan fingerprint density at radius 1 is 1.31 bits per heavy atom. The largest absolute Gasteiger partial charge is 0.496 e. The van der Waals surface area contributed by atoms with Gasteiger partial charge in [0.05, 0.1) is 18.4 Å². The predicted octanol–water partition coefficient (Wildman–Crippen LogP) is 3.01. The minimum atomic E-state index is -0.157. The lowest BCUT2D eigenvalue weighted by atomic mass is 10.2. The van der Waals surface area contributed by atoms with Crippen LogP contribution in [-0.4, -0.2) is 13.0 Å². The Balaban J connectivity index is 2.21. The predicted molar refractivity (Wildman–Crippen MR) is 65.3 cm³/mol. The molecule has 16 heavy (non-hydrogen) atoms. The van der Waals surface area contributed by atoms with Crippen LogP contribution in [0.15, 0.2) is 41.1 Å². The van der Waals surface area contributed by atoms with Gasteiger partial charge in [0.1, 0.15) is 5.75 Å². The van der Waals surface area contributed by atoms with Crippen molar-refractivity contribution in [3.8, 4) is 5.75 Å². The van der Waals surface area contributed by atoms with Crippen LogP contribution in [0.1, 0.15) is 10.4 Å². The number of ether oxygens (including phenoxy) is 1. The van der Waals surface area contributed by atoms with Crippen LogP contribution in [0.25, 0.3) is 0 Å². The number of hydrogen-bond acceptors (Lipinski definition) is 3. The zero-order valence-electron chi connectivity index (χ0n) is 8.77. The Morgan fingerprint density at radius 2 is 2.12 bits per heavy atom. The van der Waals surface area contributed by atoms with Crippen LogP contribution < -0.4 is 10.1 Å². The Hall–Kier alpha value is -1.81. The van der Waals surface area contributed by atoms with Gasteiger partial charge in [-0.3, -0.25) is 4.79 Å². The molecule has 0 unspecified atom stereocenters. The van der Waals surface area contributed by atoms with Gasteiger partial charge in [0.25, 0.3) is 5.91 Å². The number of anilines is 1. The normalized spacial score (nSPS) is 9.81. The van der Waals surface area contributed by atoms with Crippen molar-refractivity contribution in [1.29, 1.82) is 0 Å². The smallest absolute Gasteiger partial charge is 0.259 e. The summed E-state index contributed by atoms with van der Waals surface area (Å²) in [6.45, 7) is 0. The number of nitrogens with one attached hydrogen (secondary N) is 1. The molecule has 1 N–H and O–H groups in total. The zero-order chi connectivity index (χ0) is 11.4. The van der Waals surface area contributed by atoms with E-state index in [9.17, 15) is 4.79 Å². The SMILES string of the molecule is COc1ccccc1C(=O)Nc1ccsc1. The second-order valence-corrected chi connectivity index (χ2v) is 3.95. The monoisotopic (exact) mass is 233 g/mol. The molecule has 4 heteroatoms. The second kappa shape index (κ2) is 4.81. The molecule has 0 atom stereocenters. The Labute approximate surface area is 97.7 Å². The van der Waals surface area contributed by atoms with E-state index < -0.39 is 0 Å². The summed E-state index contributed by atoms with van der Waals surface area (Å²) in [7, 11) is 1.55. The molecule has 0 saturated carbocycles. The van der Waals surface area contributed by atoms with Crippen molar-refractivity contribution in [3.63, 3.8) is 0 Å². The fraction of sp³-hybridized carbons (Fsp3) is 0.0833. The van der Waals surface area contributed by atoms with E-state index in [1.54, 1.807) is 30.6 Å². The van der Waals surface area contributed by atoms with E-state index >= 15 is 0 Å². The van der Waals surface area contributed by atoms with Crippen LogP contribution in [0.2, 0.25) is 0 Å². The zero-order valence-corrected chi connectivity index (χ0v) is 9.58. The molecule has 1 heterocycles. The van der Waals surface area contributed by atoms with Crippen molar-refractivity contribution in [2.24, 2.45) is 0 Å². The molecule has 0 radical (unpaired) electrons. The minimum Gasteiger partial charge on any atom is -0.496 e. The molecule has 0 aliphatic carbocycles. The van der Waals surface area contributed by atoms with E-state index in [2.05, 4.69) is 5.32 Å². The van der Waals surface area contributed by atoms with Gasteiger partial charge in [-0.1, -0.05) is 12.1 Å². The van der Waals surface area contributed by atoms with E-state index in [4.69, 9.17) is 4.74 Å². The third-order valence-corrected chi connectivity index (χ3v) is 2.81. The maximum Gasteiger partial charge on any atom is 0.259 e. The minimum absolute atomic E-state index is 0.157. The lowest BCUT2D eigenvalue weighted by molar-refractivity contribution is 0.102. The maximum atomic E-state index is 11.9. The molecular weight excluding hydrogens is 222 g/mol. The summed E-state index contributed by atoms with van der Waals surface area (Å²) in [5.74, 6) is 0.422. The lowest BCUT2D eigenvalue weighted by Crippen LogP contribution is -2.12. The van der Waals surface area contributed by atoms with E-state index in [-0.39, 0.29) is 5.91 Å². The van der Waals surface area contributed by atoms with Gasteiger partial charge in [-0.25, -0.2) is 0 Å². The quantitative estimate of drug-likeness (QED) is 0.885. The Kier molecular flexibility index (Phi) is 3.22. The molecule has 3 nitrogen and oxygen atoms in total. The summed E-state index contributed by atoms with van der Waals surface area (Å²) in [5, 5.41) is 6.60. The van der Waals surface area contributed by atoms with Crippen molar-refractivity contribution < 1.29 is 9.53 Å². The van der Waals surface area contributed by atoms with Crippen molar-refractivity contribution >= 4 is 22.9 Å². The van der Waals surface area contributed by atoms with Gasteiger partial charge >= 0.3 is 0 Å². The van der Waals surface area contributed by atoms with E-state index in [0.717, 1.165) is 5.69 Å². The number of thiophene rings is 1. The first-order chi connectivity index (χ1) is 7.81. The summed E-state index contributed by atoms with van der Waals surface area (Å²) in [5.41, 5.74) is 1.34. The van der Waals surface area contributed by atoms with Crippen LogP contribution in [-0.2, 0) is 0 Å². The van der Waals surface area contributed by atoms with Crippen LogP contribution in [0.4, 0.5) is 5.69 Å². The molecule has 0 saturated heterocycles. The topological polar surface area (TPSA) is 38.3 Å². The highest BCUT2D eigenvalue weighted by atomic mass is 32.1. The summed E-state index contributed by atoms with van der Waals surface area (Å²) >= 11 is 1.54. The third kappa shape index (κ3) is 2.23. The molecule has 2 aromatic rings. The molecule has 82 valence electrons. The number of amides is 1. The van der Waals surface area contributed by atoms with Crippen LogP contribution >= 0.6 is 11.3 Å². The molecule has 0 aliphatic heterocycles. The van der Waals surface area contributed by atoms with Crippen molar-refractivity contribution in [2.45, 2.75) is 0 Å². The standard InChI is InChI=1S/C12H11NO2S/c1-15-11-5-3-2-4-10(11)12(14)13-9-6-7-16-8-9/h2-8H,1H3,(H,13,14). The van der Waals surface area contributed by atoms with Gasteiger partial charge in [-0.05, 0) is 23.6 Å². The van der Waals surface area contributed by atoms with Gasteiger partial charge < -0.3 is 10.1 Å². The number of rotatable bonds is 3. The van der Waals surface area contributed by atoms with E-state index in [0.29, 0.717) is 11.3 Å². The second-order valence-electron chi connectivity index (χ2n) is 3.17. The molecule has 1 aromatic carbocycles. The summed E-state index contributed by atoms with van der Waals surface area (Å²) in [6, 6.07) is 9.01. The third-order valence-electron chi connectivity index (χ3n) is 2.13. The molecule has 1 amide bonds. The number of benzene rings is 1. The summed E-state index contributed by atoms with van der Waals surface area (Å²) in [4.78, 5) is 11.9. The molecule has 0 aliphatic rings. The number of carbonyl (C=O) groups excluding carboxylic acids is 1. The maximum absolute atomic E-state index is 11.9. The molecule has 0 bridgehead atoms. The van der Waals surface area contributed by atoms with Crippen molar-refractivity contribution in [2.75, 3.05) is 12.4 Å². The van der Waals surface area contributed by atoms with Gasteiger partial charge in [-0.2, -0.15) is 11.3 Å². The van der Waals surface area contributed by atoms with Crippen LogP contribution in [0.5, 0.6) is 5.75 Å². The van der Waals surface area contributed by atoms with Crippen molar-refractivity contribution in [3.05, 3.63) is 46.7 Å². The van der Waals surface area contributed by atoms with Crippen LogP contribution in [0, 0.1) is 0 Å². The fourth-order valence-corrected chi connectivity index (χ4v) is 1.95. The first-order valence-electron chi connectivity index (χ1n) is 4.78. The van der Waals surface area contributed by atoms with Gasteiger partial charge in [0, 0.05) is 5.38 Å². The molecular formula is C12H11NO2S. The molecule has 1 aromatic heterocycles. The number of carbonyl (C=O) groups is 1. The fourth-order valence-electron chi connectivity index (χ4n) is 1.37. The molecule has 2 rings (SSSR count). The Bertz CT molecular complexity index is 480. The first-order valence-corrected chi connectivity index (χ1v) is 5.72. The van der Waals surface area contributed by atoms with Gasteiger partial charge in [-0.15, -0.1) is 0 Å². The van der Waals surface area contributed by atoms with E-state index in [1.165, 1.54) is 0 Å². The lowest BCUT2D eigenvalue weighted by Gasteiger charge is -2.07. The number of methoxy groups -OCH3 is 1. The summed E-state index contributed by atoms with van der Waals surface area (Å²) < 4.78 is 5.13. The average molecular weight is 233 g/mol. The molecule has 0 spiro atoms. The highest BCUT2D eigenvalue weighted by molar-refractivity contribution is 7.08. The number of hydrogen-bond donors (Lipinski definition) is 1. The highest BCUT2D eigenvalue weighted by Crippen LogP contribution is 2.19. The first kappa shape index (κ1) is 10.7. The number of para-hydroxylation sites is 1. The van der Waals surface area contributed by atoms with E-state index in [1.807, 2.05) is 29.0 Å². The Morgan fingerprint density at radius 3 is 2.81 bits per heavy atom. The van der Waals surface area contributed by atoms with Gasteiger partial charge in [0.15, 0.2) is 0 Å². The van der Waals surface area contributed by atoms with Crippen molar-refractivity contribution in [1.82, 2.24) is 0 Å². The average Bonchev–Trinajstić information content (AvgIpc) is 2.81. The van der Waals surface area contributed by atoms with Crippen LogP contribution in [0.3, 0.4) is 0 Å².